The van der Waals surface area contributed by atoms with E-state index in [9.17, 15) is 13.2 Å². The van der Waals surface area contributed by atoms with E-state index in [1.54, 1.807) is 18.3 Å². The molecule has 0 saturated carbocycles. The Labute approximate surface area is 168 Å². The summed E-state index contributed by atoms with van der Waals surface area (Å²) in [6, 6.07) is 15.8. The second-order valence-electron chi connectivity index (χ2n) is 7.01. The van der Waals surface area contributed by atoms with Gasteiger partial charge in [0.2, 0.25) is 10.0 Å². The Morgan fingerprint density at radius 2 is 1.72 bits per heavy atom. The van der Waals surface area contributed by atoms with Crippen molar-refractivity contribution in [1.82, 2.24) is 18.9 Å². The Hall–Kier alpha value is -3.23. The zero-order valence-electron chi connectivity index (χ0n) is 16.2. The van der Waals surface area contributed by atoms with Crippen molar-refractivity contribution in [3.63, 3.8) is 0 Å². The average Bonchev–Trinajstić information content (AvgIpc) is 3.12. The monoisotopic (exact) mass is 408 g/mol. The minimum atomic E-state index is -3.51. The van der Waals surface area contributed by atoms with E-state index in [1.807, 2.05) is 31.2 Å². The molecule has 4 aromatic rings. The van der Waals surface area contributed by atoms with Crippen LogP contribution in [-0.2, 0) is 10.0 Å². The molecule has 0 spiro atoms. The number of H-pyrrole nitrogens is 1. The van der Waals surface area contributed by atoms with Gasteiger partial charge in [0.1, 0.15) is 0 Å². The van der Waals surface area contributed by atoms with Crippen molar-refractivity contribution in [2.75, 3.05) is 14.1 Å². The van der Waals surface area contributed by atoms with Crippen LogP contribution in [0.15, 0.2) is 70.5 Å². The predicted molar refractivity (Wildman–Crippen MR) is 112 cm³/mol. The number of nitrogens with zero attached hydrogens (tertiary/aromatic N) is 3. The zero-order valence-corrected chi connectivity index (χ0v) is 17.1. The second-order valence-corrected chi connectivity index (χ2v) is 9.16. The Bertz CT molecular complexity index is 1370. The van der Waals surface area contributed by atoms with Crippen molar-refractivity contribution >= 4 is 15.7 Å². The fourth-order valence-electron chi connectivity index (χ4n) is 3.16. The minimum absolute atomic E-state index is 0.186. The van der Waals surface area contributed by atoms with Gasteiger partial charge in [-0.05, 0) is 24.6 Å². The smallest absolute Gasteiger partial charge is 0.273 e. The molecular weight excluding hydrogens is 388 g/mol. The molecule has 2 aromatic heterocycles. The summed E-state index contributed by atoms with van der Waals surface area (Å²) in [5.74, 6) is 0. The molecule has 0 atom stereocenters. The number of fused-ring (bicyclic) bond motifs is 1. The van der Waals surface area contributed by atoms with E-state index in [1.165, 1.54) is 36.8 Å². The van der Waals surface area contributed by atoms with Gasteiger partial charge in [-0.15, -0.1) is 0 Å². The van der Waals surface area contributed by atoms with Crippen LogP contribution in [0.3, 0.4) is 0 Å². The first-order chi connectivity index (χ1) is 13.8. The van der Waals surface area contributed by atoms with Gasteiger partial charge in [0, 0.05) is 37.5 Å². The standard InChI is InChI=1S/C21H20N4O3S/c1-14-5-4-6-16(11-14)18-13-22-25-20(26)12-19(23-21(18)25)15-7-9-17(10-8-15)29(27,28)24(2)3/h4-13,22H,1-3H3. The highest BCUT2D eigenvalue weighted by Crippen LogP contribution is 2.26. The van der Waals surface area contributed by atoms with Gasteiger partial charge >= 0.3 is 0 Å². The summed E-state index contributed by atoms with van der Waals surface area (Å²) in [7, 11) is -0.545. The lowest BCUT2D eigenvalue weighted by Crippen LogP contribution is -2.22. The average molecular weight is 408 g/mol. The van der Waals surface area contributed by atoms with E-state index < -0.39 is 10.0 Å². The quantitative estimate of drug-likeness (QED) is 0.562. The zero-order chi connectivity index (χ0) is 20.8. The number of rotatable bonds is 4. The van der Waals surface area contributed by atoms with Gasteiger partial charge in [0.25, 0.3) is 5.56 Å². The molecule has 8 heteroatoms. The van der Waals surface area contributed by atoms with Crippen molar-refractivity contribution < 1.29 is 8.42 Å². The van der Waals surface area contributed by atoms with Crippen LogP contribution in [0.1, 0.15) is 5.56 Å². The van der Waals surface area contributed by atoms with Crippen molar-refractivity contribution in [1.29, 1.82) is 0 Å². The summed E-state index contributed by atoms with van der Waals surface area (Å²) >= 11 is 0. The summed E-state index contributed by atoms with van der Waals surface area (Å²) in [6.07, 6.45) is 1.76. The van der Waals surface area contributed by atoms with Crippen LogP contribution in [0.5, 0.6) is 0 Å². The maximum absolute atomic E-state index is 12.6. The third kappa shape index (κ3) is 3.37. The summed E-state index contributed by atoms with van der Waals surface area (Å²) in [5, 5.41) is 2.95. The van der Waals surface area contributed by atoms with Gasteiger partial charge in [-0.25, -0.2) is 22.2 Å². The number of sulfonamides is 1. The predicted octanol–water partition coefficient (Wildman–Crippen LogP) is 2.92. The summed E-state index contributed by atoms with van der Waals surface area (Å²) in [4.78, 5) is 17.4. The maximum atomic E-state index is 12.6. The normalized spacial score (nSPS) is 12.0. The molecule has 0 radical (unpaired) electrons. The van der Waals surface area contributed by atoms with Crippen LogP contribution in [-0.4, -0.2) is 41.4 Å². The van der Waals surface area contributed by atoms with Gasteiger partial charge in [-0.3, -0.25) is 9.89 Å². The van der Waals surface area contributed by atoms with Gasteiger partial charge in [-0.1, -0.05) is 42.0 Å². The first-order valence-corrected chi connectivity index (χ1v) is 10.4. The molecule has 4 rings (SSSR count). The SMILES string of the molecule is Cc1cccc(-c2c[nH]n3c(=O)cc(-c4ccc(S(=O)(=O)N(C)C)cc4)nc23)c1. The number of hydrogen-bond donors (Lipinski definition) is 1. The number of benzene rings is 2. The number of aromatic nitrogens is 3. The molecule has 2 aromatic carbocycles. The van der Waals surface area contributed by atoms with Crippen LogP contribution in [0, 0.1) is 6.92 Å². The Balaban J connectivity index is 1.83. The summed E-state index contributed by atoms with van der Waals surface area (Å²) in [5.41, 5.74) is 4.31. The van der Waals surface area contributed by atoms with Crippen molar-refractivity contribution in [3.05, 3.63) is 76.7 Å². The highest BCUT2D eigenvalue weighted by atomic mass is 32.2. The molecule has 148 valence electrons. The lowest BCUT2D eigenvalue weighted by Gasteiger charge is -2.11. The molecular formula is C21H20N4O3S. The van der Waals surface area contributed by atoms with Crippen LogP contribution in [0.25, 0.3) is 28.0 Å². The molecule has 0 unspecified atom stereocenters. The fraction of sp³-hybridized carbons (Fsp3) is 0.143. The van der Waals surface area contributed by atoms with Crippen LogP contribution in [0.2, 0.25) is 0 Å². The third-order valence-corrected chi connectivity index (χ3v) is 6.58. The van der Waals surface area contributed by atoms with E-state index in [4.69, 9.17) is 0 Å². The number of aryl methyl sites for hydroxylation is 1. The topological polar surface area (TPSA) is 87.5 Å². The number of aromatic amines is 1. The molecule has 0 aliphatic rings. The van der Waals surface area contributed by atoms with Crippen LogP contribution < -0.4 is 5.56 Å². The lowest BCUT2D eigenvalue weighted by molar-refractivity contribution is 0.521. The Morgan fingerprint density at radius 3 is 2.38 bits per heavy atom. The molecule has 0 bridgehead atoms. The third-order valence-electron chi connectivity index (χ3n) is 4.76. The first-order valence-electron chi connectivity index (χ1n) is 8.98. The van der Waals surface area contributed by atoms with Crippen LogP contribution in [0.4, 0.5) is 0 Å². The molecule has 29 heavy (non-hydrogen) atoms. The van der Waals surface area contributed by atoms with Gasteiger partial charge < -0.3 is 0 Å². The van der Waals surface area contributed by atoms with E-state index in [0.717, 1.165) is 21.0 Å². The van der Waals surface area contributed by atoms with Gasteiger partial charge in [0.15, 0.2) is 5.65 Å². The molecule has 0 amide bonds. The number of nitrogens with one attached hydrogen (secondary N) is 1. The molecule has 0 aliphatic carbocycles. The highest BCUT2D eigenvalue weighted by molar-refractivity contribution is 7.89. The van der Waals surface area contributed by atoms with E-state index >= 15 is 0 Å². The highest BCUT2D eigenvalue weighted by Gasteiger charge is 2.17. The first kappa shape index (κ1) is 19.1. The van der Waals surface area contributed by atoms with Gasteiger partial charge in [-0.2, -0.15) is 0 Å². The van der Waals surface area contributed by atoms with E-state index in [-0.39, 0.29) is 10.5 Å². The van der Waals surface area contributed by atoms with Crippen molar-refractivity contribution in [2.45, 2.75) is 11.8 Å². The minimum Gasteiger partial charge on any atom is -0.296 e. The maximum Gasteiger partial charge on any atom is 0.273 e. The second kappa shape index (κ2) is 6.98. The van der Waals surface area contributed by atoms with Gasteiger partial charge in [0.05, 0.1) is 10.6 Å². The van der Waals surface area contributed by atoms with Crippen LogP contribution >= 0.6 is 0 Å². The Kier molecular flexibility index (Phi) is 4.60. The molecule has 7 nitrogen and oxygen atoms in total. The molecule has 0 saturated heterocycles. The van der Waals surface area contributed by atoms with Crippen molar-refractivity contribution in [2.24, 2.45) is 0 Å². The van der Waals surface area contributed by atoms with Crippen molar-refractivity contribution in [3.8, 4) is 22.4 Å². The number of hydrogen-bond acceptors (Lipinski definition) is 4. The molecule has 0 fully saturated rings. The lowest BCUT2D eigenvalue weighted by atomic mass is 10.1. The molecule has 2 heterocycles. The van der Waals surface area contributed by atoms with E-state index in [2.05, 4.69) is 10.1 Å². The molecule has 0 aliphatic heterocycles. The van der Waals surface area contributed by atoms with E-state index in [0.29, 0.717) is 16.9 Å². The Morgan fingerprint density at radius 1 is 1.00 bits per heavy atom. The summed E-state index contributed by atoms with van der Waals surface area (Å²) < 4.78 is 27.1. The fourth-order valence-corrected chi connectivity index (χ4v) is 4.06. The largest absolute Gasteiger partial charge is 0.296 e. The molecule has 1 N–H and O–H groups in total. The summed E-state index contributed by atoms with van der Waals surface area (Å²) in [6.45, 7) is 2.01.